The number of nitrogens with zero attached hydrogens (tertiary/aromatic N) is 3. The zero-order valence-corrected chi connectivity index (χ0v) is 22.0. The highest BCUT2D eigenvalue weighted by Crippen LogP contribution is 2.39. The third-order valence-corrected chi connectivity index (χ3v) is 6.91. The minimum absolute atomic E-state index is 0.00156. The predicted molar refractivity (Wildman–Crippen MR) is 141 cm³/mol. The molecule has 1 heterocycles. The van der Waals surface area contributed by atoms with Gasteiger partial charge in [0, 0.05) is 43.2 Å². The van der Waals surface area contributed by atoms with E-state index in [9.17, 15) is 19.7 Å². The lowest BCUT2D eigenvalue weighted by atomic mass is 10.0. The van der Waals surface area contributed by atoms with Crippen molar-refractivity contribution in [3.63, 3.8) is 0 Å². The van der Waals surface area contributed by atoms with E-state index in [1.165, 1.54) is 23.9 Å². The van der Waals surface area contributed by atoms with E-state index >= 15 is 0 Å². The van der Waals surface area contributed by atoms with Gasteiger partial charge in [-0.15, -0.1) is 0 Å². The standard InChI is InChI=1S/C27H33N3O5S/c1-19(2)18-35-27(32)29-15-13-28(14-16-29)26(31)12-10-21-9-11-25(23(17-21)30(33)34)36-24-8-6-5-7-22(24)20(3)4/h5-12,17,19-20H,13-16,18H2,1-4H3. The van der Waals surface area contributed by atoms with Crippen molar-refractivity contribution in [3.05, 3.63) is 69.8 Å². The van der Waals surface area contributed by atoms with Gasteiger partial charge in [0.05, 0.1) is 16.4 Å². The lowest BCUT2D eigenvalue weighted by molar-refractivity contribution is -0.387. The highest BCUT2D eigenvalue weighted by molar-refractivity contribution is 7.99. The van der Waals surface area contributed by atoms with Gasteiger partial charge in [0.1, 0.15) is 0 Å². The van der Waals surface area contributed by atoms with Crippen molar-refractivity contribution in [2.75, 3.05) is 32.8 Å². The minimum atomic E-state index is -0.392. The van der Waals surface area contributed by atoms with Crippen LogP contribution in [0, 0.1) is 16.0 Å². The fraction of sp³-hybridized carbons (Fsp3) is 0.407. The molecule has 3 rings (SSSR count). The Morgan fingerprint density at radius 1 is 1.03 bits per heavy atom. The van der Waals surface area contributed by atoms with Crippen LogP contribution in [0.25, 0.3) is 6.08 Å². The van der Waals surface area contributed by atoms with Crippen LogP contribution in [0.1, 0.15) is 44.7 Å². The quantitative estimate of drug-likeness (QED) is 0.252. The second kappa shape index (κ2) is 12.6. The average Bonchev–Trinajstić information content (AvgIpc) is 2.86. The third kappa shape index (κ3) is 7.34. The molecular weight excluding hydrogens is 478 g/mol. The molecule has 8 nitrogen and oxygen atoms in total. The molecule has 0 bridgehead atoms. The molecule has 0 spiro atoms. The SMILES string of the molecule is CC(C)COC(=O)N1CCN(C(=O)C=Cc2ccc(Sc3ccccc3C(C)C)c([N+](=O)[O-])c2)CC1. The number of carbonyl (C=O) groups excluding carboxylic acids is 2. The molecule has 192 valence electrons. The molecule has 1 aliphatic heterocycles. The number of piperazine rings is 1. The summed E-state index contributed by atoms with van der Waals surface area (Å²) in [4.78, 5) is 41.0. The number of benzene rings is 2. The average molecular weight is 512 g/mol. The van der Waals surface area contributed by atoms with Crippen LogP contribution in [0.4, 0.5) is 10.5 Å². The minimum Gasteiger partial charge on any atom is -0.449 e. The number of amides is 2. The van der Waals surface area contributed by atoms with Gasteiger partial charge in [-0.05, 0) is 41.2 Å². The number of rotatable bonds is 8. The van der Waals surface area contributed by atoms with Gasteiger partial charge in [-0.1, -0.05) is 63.7 Å². The second-order valence-electron chi connectivity index (χ2n) is 9.40. The summed E-state index contributed by atoms with van der Waals surface area (Å²) in [5, 5.41) is 11.8. The van der Waals surface area contributed by atoms with Crippen LogP contribution < -0.4 is 0 Å². The fourth-order valence-corrected chi connectivity index (χ4v) is 4.93. The smallest absolute Gasteiger partial charge is 0.409 e. The van der Waals surface area contributed by atoms with Crippen molar-refractivity contribution < 1.29 is 19.2 Å². The molecule has 1 saturated heterocycles. The molecule has 2 aromatic carbocycles. The lowest BCUT2D eigenvalue weighted by Gasteiger charge is -2.33. The van der Waals surface area contributed by atoms with Gasteiger partial charge in [-0.25, -0.2) is 4.79 Å². The van der Waals surface area contributed by atoms with E-state index in [2.05, 4.69) is 13.8 Å². The lowest BCUT2D eigenvalue weighted by Crippen LogP contribution is -2.50. The normalized spacial score (nSPS) is 14.1. The van der Waals surface area contributed by atoms with E-state index in [0.29, 0.717) is 49.2 Å². The molecule has 9 heteroatoms. The molecule has 0 aliphatic carbocycles. The summed E-state index contributed by atoms with van der Waals surface area (Å²) in [7, 11) is 0. The van der Waals surface area contributed by atoms with Crippen molar-refractivity contribution in [2.24, 2.45) is 5.92 Å². The number of hydrogen-bond acceptors (Lipinski definition) is 6. The van der Waals surface area contributed by atoms with Crippen molar-refractivity contribution in [1.29, 1.82) is 0 Å². The molecule has 2 aromatic rings. The van der Waals surface area contributed by atoms with Crippen LogP contribution >= 0.6 is 11.8 Å². The van der Waals surface area contributed by atoms with Gasteiger partial charge in [0.15, 0.2) is 0 Å². The maximum atomic E-state index is 12.7. The first-order valence-corrected chi connectivity index (χ1v) is 12.9. The molecule has 0 saturated carbocycles. The van der Waals surface area contributed by atoms with Gasteiger partial charge in [0.25, 0.3) is 5.69 Å². The van der Waals surface area contributed by atoms with Gasteiger partial charge >= 0.3 is 6.09 Å². The zero-order chi connectivity index (χ0) is 26.2. The van der Waals surface area contributed by atoms with Crippen molar-refractivity contribution in [2.45, 2.75) is 43.4 Å². The summed E-state index contributed by atoms with van der Waals surface area (Å²) in [6, 6.07) is 12.9. The molecule has 1 fully saturated rings. The predicted octanol–water partition coefficient (Wildman–Crippen LogP) is 5.82. The summed E-state index contributed by atoms with van der Waals surface area (Å²) in [6.07, 6.45) is 2.66. The van der Waals surface area contributed by atoms with Gasteiger partial charge in [-0.2, -0.15) is 0 Å². The Morgan fingerprint density at radius 2 is 1.69 bits per heavy atom. The second-order valence-corrected chi connectivity index (χ2v) is 10.5. The van der Waals surface area contributed by atoms with Gasteiger partial charge in [-0.3, -0.25) is 14.9 Å². The Kier molecular flexibility index (Phi) is 9.52. The Hall–Kier alpha value is -3.33. The Bertz CT molecular complexity index is 1120. The van der Waals surface area contributed by atoms with E-state index in [4.69, 9.17) is 4.74 Å². The van der Waals surface area contributed by atoms with E-state index < -0.39 is 4.92 Å². The first kappa shape index (κ1) is 27.3. The highest BCUT2D eigenvalue weighted by atomic mass is 32.2. The summed E-state index contributed by atoms with van der Waals surface area (Å²) < 4.78 is 5.25. The first-order chi connectivity index (χ1) is 17.2. The maximum Gasteiger partial charge on any atom is 0.409 e. The number of hydrogen-bond donors (Lipinski definition) is 0. The van der Waals surface area contributed by atoms with E-state index in [1.54, 1.807) is 28.0 Å². The van der Waals surface area contributed by atoms with E-state index in [1.807, 2.05) is 38.1 Å². The Morgan fingerprint density at radius 3 is 2.33 bits per heavy atom. The molecule has 36 heavy (non-hydrogen) atoms. The molecule has 0 radical (unpaired) electrons. The number of carbonyl (C=O) groups is 2. The Labute approximate surface area is 216 Å². The van der Waals surface area contributed by atoms with Crippen LogP contribution in [-0.2, 0) is 9.53 Å². The Balaban J connectivity index is 1.64. The van der Waals surface area contributed by atoms with Crippen LogP contribution in [0.5, 0.6) is 0 Å². The summed E-state index contributed by atoms with van der Waals surface area (Å²) in [6.45, 7) is 10.1. The van der Waals surface area contributed by atoms with Crippen molar-refractivity contribution in [3.8, 4) is 0 Å². The molecule has 0 aromatic heterocycles. The van der Waals surface area contributed by atoms with Crippen LogP contribution in [0.2, 0.25) is 0 Å². The summed E-state index contributed by atoms with van der Waals surface area (Å²) >= 11 is 1.38. The molecule has 0 N–H and O–H groups in total. The number of nitro benzene ring substituents is 1. The largest absolute Gasteiger partial charge is 0.449 e. The van der Waals surface area contributed by atoms with Crippen LogP contribution in [-0.4, -0.2) is 59.5 Å². The molecular formula is C27H33N3O5S. The van der Waals surface area contributed by atoms with Crippen molar-refractivity contribution in [1.82, 2.24) is 9.80 Å². The third-order valence-electron chi connectivity index (χ3n) is 5.75. The first-order valence-electron chi connectivity index (χ1n) is 12.1. The molecule has 0 unspecified atom stereocenters. The zero-order valence-electron chi connectivity index (χ0n) is 21.2. The van der Waals surface area contributed by atoms with Crippen LogP contribution in [0.15, 0.2) is 58.3 Å². The number of ether oxygens (including phenoxy) is 1. The van der Waals surface area contributed by atoms with Gasteiger partial charge in [0.2, 0.25) is 5.91 Å². The van der Waals surface area contributed by atoms with Crippen molar-refractivity contribution >= 4 is 35.5 Å². The molecule has 1 aliphatic rings. The monoisotopic (exact) mass is 511 g/mol. The molecule has 2 amide bonds. The number of nitro groups is 1. The van der Waals surface area contributed by atoms with E-state index in [0.717, 1.165) is 10.5 Å². The highest BCUT2D eigenvalue weighted by Gasteiger charge is 2.24. The maximum absolute atomic E-state index is 12.7. The summed E-state index contributed by atoms with van der Waals surface area (Å²) in [5.74, 6) is 0.368. The van der Waals surface area contributed by atoms with E-state index in [-0.39, 0.29) is 23.6 Å². The van der Waals surface area contributed by atoms with Gasteiger partial charge < -0.3 is 14.5 Å². The summed E-state index contributed by atoms with van der Waals surface area (Å²) in [5.41, 5.74) is 1.72. The van der Waals surface area contributed by atoms with Crippen LogP contribution in [0.3, 0.4) is 0 Å². The molecule has 0 atom stereocenters. The fourth-order valence-electron chi connectivity index (χ4n) is 3.75. The topological polar surface area (TPSA) is 93.0 Å².